The SMILES string of the molecule is COc1cc(O)cc2c1[C@H](c1ccc(O)c(O)c1)CC(=O)O2. The van der Waals surface area contributed by atoms with E-state index in [0.717, 1.165) is 0 Å². The van der Waals surface area contributed by atoms with Crippen LogP contribution in [0.2, 0.25) is 0 Å². The van der Waals surface area contributed by atoms with Crippen molar-refractivity contribution >= 4 is 5.97 Å². The maximum Gasteiger partial charge on any atom is 0.312 e. The van der Waals surface area contributed by atoms with Crippen molar-refractivity contribution in [3.8, 4) is 28.7 Å². The minimum absolute atomic E-state index is 0.0678. The quantitative estimate of drug-likeness (QED) is 0.447. The van der Waals surface area contributed by atoms with E-state index in [1.54, 1.807) is 6.07 Å². The second-order valence-corrected chi connectivity index (χ2v) is 5.04. The molecular weight excluding hydrogens is 288 g/mol. The highest BCUT2D eigenvalue weighted by Crippen LogP contribution is 2.46. The number of ether oxygens (including phenoxy) is 2. The van der Waals surface area contributed by atoms with Crippen LogP contribution in [0.1, 0.15) is 23.5 Å². The van der Waals surface area contributed by atoms with Crippen LogP contribution in [0.15, 0.2) is 30.3 Å². The Morgan fingerprint density at radius 1 is 1.14 bits per heavy atom. The maximum atomic E-state index is 11.8. The Bertz CT molecular complexity index is 753. The van der Waals surface area contributed by atoms with Crippen LogP contribution in [0.25, 0.3) is 0 Å². The van der Waals surface area contributed by atoms with Crippen molar-refractivity contribution < 1.29 is 29.6 Å². The Kier molecular flexibility index (Phi) is 3.29. The summed E-state index contributed by atoms with van der Waals surface area (Å²) in [7, 11) is 1.46. The van der Waals surface area contributed by atoms with Crippen LogP contribution in [-0.4, -0.2) is 28.4 Å². The fourth-order valence-electron chi connectivity index (χ4n) is 2.66. The van der Waals surface area contributed by atoms with Crippen LogP contribution in [0.4, 0.5) is 0 Å². The molecule has 1 atom stereocenters. The number of phenols is 3. The molecule has 3 N–H and O–H groups in total. The van der Waals surface area contributed by atoms with Crippen LogP contribution in [0.5, 0.6) is 28.7 Å². The lowest BCUT2D eigenvalue weighted by Gasteiger charge is -2.27. The molecule has 22 heavy (non-hydrogen) atoms. The first-order valence-electron chi connectivity index (χ1n) is 6.63. The van der Waals surface area contributed by atoms with Gasteiger partial charge in [-0.2, -0.15) is 0 Å². The molecule has 0 fully saturated rings. The van der Waals surface area contributed by atoms with E-state index in [0.29, 0.717) is 16.9 Å². The van der Waals surface area contributed by atoms with E-state index in [1.165, 1.54) is 31.4 Å². The molecule has 6 heteroatoms. The number of carbonyl (C=O) groups excluding carboxylic acids is 1. The first-order chi connectivity index (χ1) is 10.5. The summed E-state index contributed by atoms with van der Waals surface area (Å²) in [6.45, 7) is 0. The molecule has 0 saturated heterocycles. The average molecular weight is 302 g/mol. The number of esters is 1. The van der Waals surface area contributed by atoms with E-state index in [-0.39, 0.29) is 29.4 Å². The Hall–Kier alpha value is -2.89. The average Bonchev–Trinajstić information content (AvgIpc) is 2.47. The number of carbonyl (C=O) groups is 1. The number of rotatable bonds is 2. The molecule has 0 bridgehead atoms. The van der Waals surface area contributed by atoms with E-state index in [2.05, 4.69) is 0 Å². The van der Waals surface area contributed by atoms with Gasteiger partial charge in [-0.3, -0.25) is 4.79 Å². The summed E-state index contributed by atoms with van der Waals surface area (Å²) in [6, 6.07) is 7.16. The molecule has 2 aromatic carbocycles. The lowest BCUT2D eigenvalue weighted by Crippen LogP contribution is -2.21. The van der Waals surface area contributed by atoms with E-state index < -0.39 is 11.9 Å². The van der Waals surface area contributed by atoms with Crippen molar-refractivity contribution in [3.05, 3.63) is 41.5 Å². The van der Waals surface area contributed by atoms with Crippen molar-refractivity contribution in [2.75, 3.05) is 7.11 Å². The summed E-state index contributed by atoms with van der Waals surface area (Å²) in [4.78, 5) is 11.8. The van der Waals surface area contributed by atoms with Gasteiger partial charge in [0.25, 0.3) is 0 Å². The Balaban J connectivity index is 2.18. The predicted octanol–water partition coefficient (Wildman–Crippen LogP) is 2.25. The van der Waals surface area contributed by atoms with Crippen molar-refractivity contribution in [1.29, 1.82) is 0 Å². The topological polar surface area (TPSA) is 96.2 Å². The minimum Gasteiger partial charge on any atom is -0.508 e. The van der Waals surface area contributed by atoms with Gasteiger partial charge in [0.05, 0.1) is 13.5 Å². The summed E-state index contributed by atoms with van der Waals surface area (Å²) in [5, 5.41) is 28.8. The van der Waals surface area contributed by atoms with E-state index in [1.807, 2.05) is 0 Å². The lowest BCUT2D eigenvalue weighted by molar-refractivity contribution is -0.135. The molecule has 0 radical (unpaired) electrons. The predicted molar refractivity (Wildman–Crippen MR) is 76.5 cm³/mol. The van der Waals surface area contributed by atoms with Crippen molar-refractivity contribution in [2.45, 2.75) is 12.3 Å². The van der Waals surface area contributed by atoms with Crippen LogP contribution in [-0.2, 0) is 4.79 Å². The summed E-state index contributed by atoms with van der Waals surface area (Å²) in [5.74, 6) is -0.810. The molecule has 114 valence electrons. The molecule has 0 amide bonds. The third kappa shape index (κ3) is 2.28. The summed E-state index contributed by atoms with van der Waals surface area (Å²) < 4.78 is 10.4. The number of hydrogen-bond acceptors (Lipinski definition) is 6. The summed E-state index contributed by atoms with van der Waals surface area (Å²) >= 11 is 0. The standard InChI is InChI=1S/C16H14O6/c1-21-13-5-9(17)6-14-16(13)10(7-15(20)22-14)8-2-3-11(18)12(19)4-8/h2-6,10,17-19H,7H2,1H3/t10-/m0/s1. The van der Waals surface area contributed by atoms with Gasteiger partial charge in [-0.25, -0.2) is 0 Å². The highest BCUT2D eigenvalue weighted by molar-refractivity contribution is 5.79. The van der Waals surface area contributed by atoms with Crippen molar-refractivity contribution in [1.82, 2.24) is 0 Å². The highest BCUT2D eigenvalue weighted by Gasteiger charge is 2.32. The third-order valence-corrected chi connectivity index (χ3v) is 3.65. The molecule has 0 unspecified atom stereocenters. The zero-order valence-corrected chi connectivity index (χ0v) is 11.7. The molecule has 6 nitrogen and oxygen atoms in total. The van der Waals surface area contributed by atoms with Crippen LogP contribution in [0, 0.1) is 0 Å². The van der Waals surface area contributed by atoms with Gasteiger partial charge >= 0.3 is 5.97 Å². The van der Waals surface area contributed by atoms with E-state index in [9.17, 15) is 20.1 Å². The zero-order valence-electron chi connectivity index (χ0n) is 11.7. The Labute approximate surface area is 126 Å². The molecular formula is C16H14O6. The van der Waals surface area contributed by atoms with Crippen LogP contribution < -0.4 is 9.47 Å². The van der Waals surface area contributed by atoms with Crippen LogP contribution in [0.3, 0.4) is 0 Å². The smallest absolute Gasteiger partial charge is 0.312 e. The zero-order chi connectivity index (χ0) is 15.9. The number of aromatic hydroxyl groups is 3. The van der Waals surface area contributed by atoms with Gasteiger partial charge < -0.3 is 24.8 Å². The number of hydrogen-bond donors (Lipinski definition) is 3. The summed E-state index contributed by atoms with van der Waals surface area (Å²) in [6.07, 6.45) is 0.0678. The summed E-state index contributed by atoms with van der Waals surface area (Å²) in [5.41, 5.74) is 1.25. The molecule has 0 aromatic heterocycles. The Morgan fingerprint density at radius 2 is 1.91 bits per heavy atom. The lowest BCUT2D eigenvalue weighted by atomic mass is 9.85. The fourth-order valence-corrected chi connectivity index (χ4v) is 2.66. The molecule has 0 saturated carbocycles. The first kappa shape index (κ1) is 14.1. The monoisotopic (exact) mass is 302 g/mol. The van der Waals surface area contributed by atoms with Crippen LogP contribution >= 0.6 is 0 Å². The Morgan fingerprint density at radius 3 is 2.59 bits per heavy atom. The van der Waals surface area contributed by atoms with Crippen molar-refractivity contribution in [3.63, 3.8) is 0 Å². The second-order valence-electron chi connectivity index (χ2n) is 5.04. The minimum atomic E-state index is -0.447. The largest absolute Gasteiger partial charge is 0.508 e. The molecule has 1 aliphatic rings. The highest BCUT2D eigenvalue weighted by atomic mass is 16.5. The van der Waals surface area contributed by atoms with Gasteiger partial charge in [0.1, 0.15) is 17.2 Å². The van der Waals surface area contributed by atoms with Gasteiger partial charge in [-0.15, -0.1) is 0 Å². The number of phenolic OH excluding ortho intramolecular Hbond substituents is 3. The molecule has 3 rings (SSSR count). The normalized spacial score (nSPS) is 16.8. The van der Waals surface area contributed by atoms with Gasteiger partial charge in [-0.05, 0) is 17.7 Å². The van der Waals surface area contributed by atoms with E-state index in [4.69, 9.17) is 9.47 Å². The molecule has 0 aliphatic carbocycles. The number of methoxy groups -OCH3 is 1. The molecule has 0 spiro atoms. The first-order valence-corrected chi connectivity index (χ1v) is 6.63. The van der Waals surface area contributed by atoms with Gasteiger partial charge in [0.15, 0.2) is 11.5 Å². The second kappa shape index (κ2) is 5.14. The number of benzene rings is 2. The third-order valence-electron chi connectivity index (χ3n) is 3.65. The molecule has 2 aromatic rings. The van der Waals surface area contributed by atoms with Gasteiger partial charge in [0, 0.05) is 23.6 Å². The van der Waals surface area contributed by atoms with Crippen molar-refractivity contribution in [2.24, 2.45) is 0 Å². The van der Waals surface area contributed by atoms with Gasteiger partial charge in [-0.1, -0.05) is 6.07 Å². The molecule has 1 heterocycles. The molecule has 1 aliphatic heterocycles. The van der Waals surface area contributed by atoms with E-state index >= 15 is 0 Å². The fraction of sp³-hybridized carbons (Fsp3) is 0.188. The van der Waals surface area contributed by atoms with Gasteiger partial charge in [0.2, 0.25) is 0 Å². The maximum absolute atomic E-state index is 11.8. The number of fused-ring (bicyclic) bond motifs is 1.